The molecule has 1 aromatic carbocycles. The van der Waals surface area contributed by atoms with Gasteiger partial charge >= 0.3 is 0 Å². The van der Waals surface area contributed by atoms with Gasteiger partial charge in [0.05, 0.1) is 12.1 Å². The van der Waals surface area contributed by atoms with Crippen LogP contribution in [0.25, 0.3) is 10.4 Å². The Labute approximate surface area is 91.9 Å². The first kappa shape index (κ1) is 9.56. The van der Waals surface area contributed by atoms with Crippen molar-refractivity contribution in [2.45, 2.75) is 0 Å². The van der Waals surface area contributed by atoms with E-state index in [2.05, 4.69) is 11.4 Å². The molecule has 0 atom stereocenters. The van der Waals surface area contributed by atoms with Crippen LogP contribution in [0.1, 0.15) is 0 Å². The number of thiophene rings is 1. The lowest BCUT2D eigenvalue weighted by atomic mass is 10.2. The molecule has 0 aliphatic heterocycles. The van der Waals surface area contributed by atoms with Gasteiger partial charge in [-0.15, -0.1) is 11.3 Å². The number of methoxy groups -OCH3 is 1. The lowest BCUT2D eigenvalue weighted by Crippen LogP contribution is -1.84. The number of rotatable bonds is 2. The van der Waals surface area contributed by atoms with Crippen LogP contribution in [0, 0.1) is 0 Å². The van der Waals surface area contributed by atoms with E-state index in [1.807, 2.05) is 24.3 Å². The van der Waals surface area contributed by atoms with Crippen LogP contribution in [0.4, 0.5) is 0 Å². The summed E-state index contributed by atoms with van der Waals surface area (Å²) in [6, 6.07) is 9.91. The molecule has 0 spiro atoms. The van der Waals surface area contributed by atoms with E-state index in [1.54, 1.807) is 18.4 Å². The number of hydrogen-bond donors (Lipinski definition) is 0. The molecule has 0 unspecified atom stereocenters. The summed E-state index contributed by atoms with van der Waals surface area (Å²) in [7, 11) is 1.62. The second-order valence-corrected chi connectivity index (χ2v) is 4.18. The van der Waals surface area contributed by atoms with E-state index in [1.165, 1.54) is 4.88 Å². The van der Waals surface area contributed by atoms with Crippen molar-refractivity contribution in [3.05, 3.63) is 40.7 Å². The maximum absolute atomic E-state index is 5.94. The summed E-state index contributed by atoms with van der Waals surface area (Å²) in [6.07, 6.45) is 0. The zero-order valence-electron chi connectivity index (χ0n) is 7.66. The summed E-state index contributed by atoms with van der Waals surface area (Å²) in [4.78, 5) is 1.22. The van der Waals surface area contributed by atoms with Crippen molar-refractivity contribution in [1.82, 2.24) is 0 Å². The third-order valence-electron chi connectivity index (χ3n) is 1.96. The molecular formula is C11H9ClOS. The van der Waals surface area contributed by atoms with Crippen LogP contribution in [-0.4, -0.2) is 7.11 Å². The Bertz CT molecular complexity index is 423. The van der Waals surface area contributed by atoms with Crippen LogP contribution in [-0.2, 0) is 0 Å². The van der Waals surface area contributed by atoms with Crippen LogP contribution in [0.5, 0.6) is 5.75 Å². The average molecular weight is 225 g/mol. The standard InChI is InChI=1S/C11H9ClOS/c1-13-10-7-8(4-5-9(10)12)11-3-2-6-14-11/h2-7H,1H3. The van der Waals surface area contributed by atoms with Gasteiger partial charge in [0.15, 0.2) is 0 Å². The zero-order valence-corrected chi connectivity index (χ0v) is 9.23. The monoisotopic (exact) mass is 224 g/mol. The van der Waals surface area contributed by atoms with E-state index in [9.17, 15) is 0 Å². The molecular weight excluding hydrogens is 216 g/mol. The highest BCUT2D eigenvalue weighted by Crippen LogP contribution is 2.32. The highest BCUT2D eigenvalue weighted by Gasteiger charge is 2.03. The minimum Gasteiger partial charge on any atom is -0.495 e. The first-order chi connectivity index (χ1) is 6.81. The molecule has 0 fully saturated rings. The van der Waals surface area contributed by atoms with Crippen LogP contribution in [0.2, 0.25) is 5.02 Å². The Kier molecular flexibility index (Phi) is 2.75. The molecule has 0 aliphatic carbocycles. The van der Waals surface area contributed by atoms with Gasteiger partial charge < -0.3 is 4.74 Å². The molecule has 0 saturated heterocycles. The third kappa shape index (κ3) is 1.76. The highest BCUT2D eigenvalue weighted by atomic mass is 35.5. The predicted octanol–water partition coefficient (Wildman–Crippen LogP) is 4.08. The Balaban J connectivity index is 2.46. The Morgan fingerprint density at radius 1 is 1.29 bits per heavy atom. The molecule has 0 aliphatic rings. The fraction of sp³-hybridized carbons (Fsp3) is 0.0909. The highest BCUT2D eigenvalue weighted by molar-refractivity contribution is 7.13. The van der Waals surface area contributed by atoms with Gasteiger partial charge in [0.25, 0.3) is 0 Å². The van der Waals surface area contributed by atoms with Crippen molar-refractivity contribution in [3.8, 4) is 16.2 Å². The summed E-state index contributed by atoms with van der Waals surface area (Å²) in [5.74, 6) is 0.720. The molecule has 0 amide bonds. The molecule has 72 valence electrons. The van der Waals surface area contributed by atoms with E-state index in [0.29, 0.717) is 5.02 Å². The van der Waals surface area contributed by atoms with Crippen molar-refractivity contribution >= 4 is 22.9 Å². The minimum absolute atomic E-state index is 0.646. The van der Waals surface area contributed by atoms with Crippen LogP contribution >= 0.6 is 22.9 Å². The fourth-order valence-electron chi connectivity index (χ4n) is 1.26. The van der Waals surface area contributed by atoms with E-state index in [0.717, 1.165) is 11.3 Å². The maximum Gasteiger partial charge on any atom is 0.138 e. The van der Waals surface area contributed by atoms with Crippen molar-refractivity contribution in [1.29, 1.82) is 0 Å². The number of benzene rings is 1. The summed E-state index contributed by atoms with van der Waals surface area (Å²) in [5.41, 5.74) is 1.14. The molecule has 0 bridgehead atoms. The topological polar surface area (TPSA) is 9.23 Å². The molecule has 0 N–H and O–H groups in total. The molecule has 3 heteroatoms. The van der Waals surface area contributed by atoms with E-state index in [4.69, 9.17) is 16.3 Å². The molecule has 0 radical (unpaired) electrons. The van der Waals surface area contributed by atoms with Gasteiger partial charge in [-0.05, 0) is 29.1 Å². The van der Waals surface area contributed by atoms with Gasteiger partial charge in [0.1, 0.15) is 5.75 Å². The third-order valence-corrected chi connectivity index (χ3v) is 3.19. The van der Waals surface area contributed by atoms with Gasteiger partial charge in [-0.3, -0.25) is 0 Å². The first-order valence-electron chi connectivity index (χ1n) is 4.18. The minimum atomic E-state index is 0.646. The lowest BCUT2D eigenvalue weighted by Gasteiger charge is -2.04. The maximum atomic E-state index is 5.94. The molecule has 2 rings (SSSR count). The van der Waals surface area contributed by atoms with Crippen molar-refractivity contribution in [2.24, 2.45) is 0 Å². The van der Waals surface area contributed by atoms with Crippen molar-refractivity contribution in [2.75, 3.05) is 7.11 Å². The smallest absolute Gasteiger partial charge is 0.138 e. The Morgan fingerprint density at radius 2 is 2.14 bits per heavy atom. The lowest BCUT2D eigenvalue weighted by molar-refractivity contribution is 0.415. The van der Waals surface area contributed by atoms with Gasteiger partial charge in [-0.2, -0.15) is 0 Å². The van der Waals surface area contributed by atoms with E-state index >= 15 is 0 Å². The molecule has 0 saturated carbocycles. The molecule has 14 heavy (non-hydrogen) atoms. The SMILES string of the molecule is COc1cc(-c2cccs2)ccc1Cl. The van der Waals surface area contributed by atoms with Crippen LogP contribution in [0.3, 0.4) is 0 Å². The quantitative estimate of drug-likeness (QED) is 0.747. The van der Waals surface area contributed by atoms with Crippen LogP contribution in [0.15, 0.2) is 35.7 Å². The molecule has 1 heterocycles. The van der Waals surface area contributed by atoms with Gasteiger partial charge in [-0.25, -0.2) is 0 Å². The second kappa shape index (κ2) is 4.03. The fourth-order valence-corrected chi connectivity index (χ4v) is 2.17. The largest absolute Gasteiger partial charge is 0.495 e. The summed E-state index contributed by atoms with van der Waals surface area (Å²) in [6.45, 7) is 0. The van der Waals surface area contributed by atoms with Gasteiger partial charge in [-0.1, -0.05) is 23.7 Å². The number of hydrogen-bond acceptors (Lipinski definition) is 2. The number of halogens is 1. The predicted molar refractivity (Wildman–Crippen MR) is 61.3 cm³/mol. The molecule has 2 aromatic rings. The van der Waals surface area contributed by atoms with Gasteiger partial charge in [0, 0.05) is 4.88 Å². The van der Waals surface area contributed by atoms with Gasteiger partial charge in [0.2, 0.25) is 0 Å². The second-order valence-electron chi connectivity index (χ2n) is 2.83. The zero-order chi connectivity index (χ0) is 9.97. The first-order valence-corrected chi connectivity index (χ1v) is 5.44. The Morgan fingerprint density at radius 3 is 2.79 bits per heavy atom. The average Bonchev–Trinajstić information content (AvgIpc) is 2.71. The van der Waals surface area contributed by atoms with E-state index < -0.39 is 0 Å². The summed E-state index contributed by atoms with van der Waals surface area (Å²) >= 11 is 7.64. The van der Waals surface area contributed by atoms with Crippen LogP contribution < -0.4 is 4.74 Å². The summed E-state index contributed by atoms with van der Waals surface area (Å²) in [5, 5.41) is 2.70. The number of ether oxygens (including phenoxy) is 1. The molecule has 1 nitrogen and oxygen atoms in total. The summed E-state index contributed by atoms with van der Waals surface area (Å²) < 4.78 is 5.16. The normalized spacial score (nSPS) is 10.1. The van der Waals surface area contributed by atoms with E-state index in [-0.39, 0.29) is 0 Å². The van der Waals surface area contributed by atoms with Crippen molar-refractivity contribution < 1.29 is 4.74 Å². The Hall–Kier alpha value is -0.990. The molecule has 1 aromatic heterocycles. The van der Waals surface area contributed by atoms with Crippen molar-refractivity contribution in [3.63, 3.8) is 0 Å².